The number of alkyl halides is 3. The van der Waals surface area contributed by atoms with Gasteiger partial charge < -0.3 is 10.4 Å². The van der Waals surface area contributed by atoms with E-state index in [1.807, 2.05) is 0 Å². The van der Waals surface area contributed by atoms with E-state index in [1.165, 1.54) is 54.6 Å². The molecule has 0 aliphatic carbocycles. The zero-order chi connectivity index (χ0) is 26.7. The van der Waals surface area contributed by atoms with Crippen molar-refractivity contribution in [2.45, 2.75) is 26.6 Å². The summed E-state index contributed by atoms with van der Waals surface area (Å²) in [5.41, 5.74) is -3.62. The predicted molar refractivity (Wildman–Crippen MR) is 130 cm³/mol. The molecular formula is C23H20F3NO6S3. The lowest BCUT2D eigenvalue weighted by Crippen LogP contribution is -2.13. The van der Waals surface area contributed by atoms with E-state index in [0.29, 0.717) is 5.56 Å². The summed E-state index contributed by atoms with van der Waals surface area (Å²) in [7, 11) is -7.46. The maximum atomic E-state index is 12.7. The van der Waals surface area contributed by atoms with Crippen molar-refractivity contribution in [2.75, 3.05) is 17.3 Å². The van der Waals surface area contributed by atoms with Gasteiger partial charge in [0.15, 0.2) is 19.7 Å². The Morgan fingerprint density at radius 3 is 2.11 bits per heavy atom. The first-order valence-electron chi connectivity index (χ1n) is 10.2. The van der Waals surface area contributed by atoms with Crippen molar-refractivity contribution in [3.63, 3.8) is 0 Å². The van der Waals surface area contributed by atoms with E-state index in [4.69, 9.17) is 0 Å². The first kappa shape index (κ1) is 27.6. The molecule has 0 atom stereocenters. The Labute approximate surface area is 210 Å². The van der Waals surface area contributed by atoms with Crippen LogP contribution in [0, 0.1) is 0 Å². The number of rotatable bonds is 8. The molecule has 13 heteroatoms. The first-order valence-corrected chi connectivity index (χ1v) is 14.5. The summed E-state index contributed by atoms with van der Waals surface area (Å²) in [5, 5.41) is 12.2. The van der Waals surface area contributed by atoms with Crippen molar-refractivity contribution >= 4 is 43.0 Å². The Morgan fingerprint density at radius 1 is 0.944 bits per heavy atom. The minimum absolute atomic E-state index is 0.00261. The molecule has 0 fully saturated rings. The summed E-state index contributed by atoms with van der Waals surface area (Å²) in [6, 6.07) is 14.1. The number of phenols is 1. The van der Waals surface area contributed by atoms with Gasteiger partial charge >= 0.3 is 5.51 Å². The number of carbonyl (C=O) groups excluding carboxylic acids is 1. The molecule has 192 valence electrons. The zero-order valence-corrected chi connectivity index (χ0v) is 21.1. The zero-order valence-electron chi connectivity index (χ0n) is 18.6. The number of nitrogens with one attached hydrogen (secondary N) is 1. The summed E-state index contributed by atoms with van der Waals surface area (Å²) in [5.74, 6) is -1.37. The number of halogens is 3. The molecule has 0 aliphatic rings. The smallest absolute Gasteiger partial charge is 0.446 e. The molecular weight excluding hydrogens is 539 g/mol. The maximum Gasteiger partial charge on any atom is 0.446 e. The summed E-state index contributed by atoms with van der Waals surface area (Å²) in [6.07, 6.45) is 1.000. The lowest BCUT2D eigenvalue weighted by Gasteiger charge is -2.10. The van der Waals surface area contributed by atoms with Crippen LogP contribution in [0.3, 0.4) is 0 Å². The van der Waals surface area contributed by atoms with Gasteiger partial charge in [0, 0.05) is 22.4 Å². The predicted octanol–water partition coefficient (Wildman–Crippen LogP) is 4.68. The second kappa shape index (κ2) is 10.5. The lowest BCUT2D eigenvalue weighted by molar-refractivity contribution is -0.0328. The number of aromatic hydroxyl groups is 1. The van der Waals surface area contributed by atoms with E-state index in [-0.39, 0.29) is 49.9 Å². The first-order chi connectivity index (χ1) is 16.6. The average molecular weight is 560 g/mol. The van der Waals surface area contributed by atoms with Gasteiger partial charge in [-0.3, -0.25) is 4.79 Å². The number of hydrogen-bond donors (Lipinski definition) is 2. The molecule has 36 heavy (non-hydrogen) atoms. The minimum Gasteiger partial charge on any atom is -0.507 e. The van der Waals surface area contributed by atoms with Gasteiger partial charge in [0.25, 0.3) is 5.91 Å². The standard InChI is InChI=1S/C23H20F3NO6S3/c1-35(30,31)21-14-17(6-11-20(21)28)27-22(29)16-4-9-19(10-5-16)36(32,33)13-12-15-2-7-18(8-3-15)34-23(24,25)26/h2-11,14,28H,12-13H2,1H3,(H,27,29). The molecule has 3 rings (SSSR count). The average Bonchev–Trinajstić information content (AvgIpc) is 2.78. The van der Waals surface area contributed by atoms with Crippen molar-refractivity contribution in [1.82, 2.24) is 0 Å². The number of amides is 1. The van der Waals surface area contributed by atoms with Crippen LogP contribution in [0.2, 0.25) is 0 Å². The molecule has 0 radical (unpaired) electrons. The number of aryl methyl sites for hydroxylation is 1. The third-order valence-electron chi connectivity index (χ3n) is 4.91. The van der Waals surface area contributed by atoms with Gasteiger partial charge in [-0.2, -0.15) is 13.2 Å². The van der Waals surface area contributed by atoms with Crippen molar-refractivity contribution < 1.29 is 39.9 Å². The van der Waals surface area contributed by atoms with Gasteiger partial charge in [-0.05, 0) is 78.3 Å². The number of thioether (sulfide) groups is 1. The van der Waals surface area contributed by atoms with Crippen LogP contribution in [0.4, 0.5) is 18.9 Å². The number of hydrogen-bond acceptors (Lipinski definition) is 7. The van der Waals surface area contributed by atoms with Crippen LogP contribution in [-0.2, 0) is 26.1 Å². The highest BCUT2D eigenvalue weighted by Crippen LogP contribution is 2.36. The molecule has 0 aliphatic heterocycles. The molecule has 0 saturated carbocycles. The lowest BCUT2D eigenvalue weighted by atomic mass is 10.2. The summed E-state index contributed by atoms with van der Waals surface area (Å²) in [6.45, 7) is 0. The van der Waals surface area contributed by atoms with E-state index in [0.717, 1.165) is 18.4 Å². The number of benzene rings is 3. The molecule has 1 amide bonds. The molecule has 2 N–H and O–H groups in total. The van der Waals surface area contributed by atoms with Crippen LogP contribution in [-0.4, -0.2) is 45.4 Å². The molecule has 0 unspecified atom stereocenters. The second-order valence-corrected chi connectivity index (χ2v) is 12.9. The van der Waals surface area contributed by atoms with Gasteiger partial charge in [-0.1, -0.05) is 12.1 Å². The molecule has 0 aromatic heterocycles. The topological polar surface area (TPSA) is 118 Å². The Hall–Kier alpha value is -3.03. The fourth-order valence-corrected chi connectivity index (χ4v) is 5.75. The SMILES string of the molecule is CS(=O)(=O)c1cc(NC(=O)c2ccc(S(=O)(=O)CCc3ccc(SC(F)(F)F)cc3)cc2)ccc1O. The summed E-state index contributed by atoms with van der Waals surface area (Å²) < 4.78 is 86.1. The Morgan fingerprint density at radius 2 is 1.56 bits per heavy atom. The van der Waals surface area contributed by atoms with Crippen molar-refractivity contribution in [3.05, 3.63) is 77.9 Å². The maximum absolute atomic E-state index is 12.7. The van der Waals surface area contributed by atoms with E-state index < -0.39 is 36.8 Å². The van der Waals surface area contributed by atoms with Crippen LogP contribution in [0.1, 0.15) is 15.9 Å². The van der Waals surface area contributed by atoms with E-state index in [1.54, 1.807) is 0 Å². The number of sulfone groups is 2. The quantitative estimate of drug-likeness (QED) is 0.304. The van der Waals surface area contributed by atoms with Crippen molar-refractivity contribution in [3.8, 4) is 5.75 Å². The van der Waals surface area contributed by atoms with E-state index >= 15 is 0 Å². The highest BCUT2D eigenvalue weighted by Gasteiger charge is 2.29. The highest BCUT2D eigenvalue weighted by atomic mass is 32.2. The molecule has 3 aromatic rings. The Balaban J connectivity index is 1.65. The van der Waals surface area contributed by atoms with E-state index in [2.05, 4.69) is 5.32 Å². The fourth-order valence-electron chi connectivity index (χ4n) is 3.13. The summed E-state index contributed by atoms with van der Waals surface area (Å²) in [4.78, 5) is 12.1. The van der Waals surface area contributed by atoms with E-state index in [9.17, 15) is 39.9 Å². The summed E-state index contributed by atoms with van der Waals surface area (Å²) >= 11 is -0.253. The fraction of sp³-hybridized carbons (Fsp3) is 0.174. The third-order valence-corrected chi connectivity index (χ3v) is 8.51. The van der Waals surface area contributed by atoms with Crippen LogP contribution in [0.25, 0.3) is 0 Å². The van der Waals surface area contributed by atoms with Crippen LogP contribution >= 0.6 is 11.8 Å². The van der Waals surface area contributed by atoms with Crippen molar-refractivity contribution in [1.29, 1.82) is 0 Å². The normalized spacial score (nSPS) is 12.3. The molecule has 7 nitrogen and oxygen atoms in total. The number of phenolic OH excluding ortho intramolecular Hbond substituents is 1. The van der Waals surface area contributed by atoms with Gasteiger partial charge in [0.1, 0.15) is 10.6 Å². The largest absolute Gasteiger partial charge is 0.507 e. The highest BCUT2D eigenvalue weighted by molar-refractivity contribution is 8.00. The molecule has 0 spiro atoms. The number of carbonyl (C=O) groups is 1. The monoisotopic (exact) mass is 559 g/mol. The minimum atomic E-state index is -4.41. The molecule has 3 aromatic carbocycles. The van der Waals surface area contributed by atoms with Gasteiger partial charge in [0.2, 0.25) is 0 Å². The number of anilines is 1. The molecule has 0 heterocycles. The van der Waals surface area contributed by atoms with Crippen LogP contribution < -0.4 is 5.32 Å². The third kappa shape index (κ3) is 7.48. The second-order valence-electron chi connectivity index (χ2n) is 7.69. The van der Waals surface area contributed by atoms with Gasteiger partial charge in [-0.25, -0.2) is 16.8 Å². The van der Waals surface area contributed by atoms with Crippen LogP contribution in [0.15, 0.2) is 81.4 Å². The molecule has 0 bridgehead atoms. The van der Waals surface area contributed by atoms with Crippen LogP contribution in [0.5, 0.6) is 5.75 Å². The van der Waals surface area contributed by atoms with Gasteiger partial charge in [0.05, 0.1) is 10.6 Å². The molecule has 0 saturated heterocycles. The Bertz CT molecular complexity index is 1470. The van der Waals surface area contributed by atoms with Crippen molar-refractivity contribution in [2.24, 2.45) is 0 Å². The van der Waals surface area contributed by atoms with Gasteiger partial charge in [-0.15, -0.1) is 0 Å². The Kier molecular flexibility index (Phi) is 8.06.